The monoisotopic (exact) mass is 325 g/mol. The third-order valence-corrected chi connectivity index (χ3v) is 5.60. The molecule has 2 bridgehead atoms. The van der Waals surface area contributed by atoms with E-state index in [4.69, 9.17) is 9.15 Å². The lowest BCUT2D eigenvalue weighted by molar-refractivity contribution is -0.0881. The molecule has 6 heteroatoms. The molecule has 1 spiro atoms. The number of aromatic nitrogens is 1. The minimum atomic E-state index is -0.348. The standard InChI is InChI=1S/C18H19N3O3/c22-17-21(12-18(24-17)11-20-6-3-14(18)4-7-20)15-8-16(23-10-15)13-2-1-5-19-9-13/h1-2,5,8-10,14H,3-4,6-7,11-12H2/t18-/m1/s1. The zero-order chi connectivity index (χ0) is 16.1. The van der Waals surface area contributed by atoms with Crippen molar-refractivity contribution in [3.8, 4) is 11.3 Å². The number of nitrogens with zero attached hydrogens (tertiary/aromatic N) is 3. The van der Waals surface area contributed by atoms with Gasteiger partial charge in [0.25, 0.3) is 0 Å². The molecule has 6 heterocycles. The van der Waals surface area contributed by atoms with E-state index < -0.39 is 0 Å². The summed E-state index contributed by atoms with van der Waals surface area (Å²) in [5.74, 6) is 1.18. The number of anilines is 1. The first-order valence-corrected chi connectivity index (χ1v) is 8.45. The Morgan fingerprint density at radius 2 is 2.12 bits per heavy atom. The van der Waals surface area contributed by atoms with Crippen molar-refractivity contribution >= 4 is 11.8 Å². The second-order valence-corrected chi connectivity index (χ2v) is 6.98. The van der Waals surface area contributed by atoms with Crippen LogP contribution in [0, 0.1) is 5.92 Å². The fourth-order valence-corrected chi connectivity index (χ4v) is 4.34. The van der Waals surface area contributed by atoms with Crippen molar-refractivity contribution < 1.29 is 13.9 Å². The van der Waals surface area contributed by atoms with Crippen molar-refractivity contribution in [2.75, 3.05) is 31.1 Å². The minimum absolute atomic E-state index is 0.262. The summed E-state index contributed by atoms with van der Waals surface area (Å²) < 4.78 is 11.5. The molecule has 6 nitrogen and oxygen atoms in total. The predicted octanol–water partition coefficient (Wildman–Crippen LogP) is 2.76. The maximum atomic E-state index is 12.5. The molecule has 0 aromatic carbocycles. The van der Waals surface area contributed by atoms with Crippen molar-refractivity contribution in [2.45, 2.75) is 18.4 Å². The van der Waals surface area contributed by atoms with E-state index in [1.54, 1.807) is 23.6 Å². The van der Waals surface area contributed by atoms with Gasteiger partial charge in [-0.05, 0) is 38.1 Å². The molecule has 0 N–H and O–H groups in total. The molecule has 4 aliphatic rings. The van der Waals surface area contributed by atoms with E-state index >= 15 is 0 Å². The number of hydrogen-bond acceptors (Lipinski definition) is 5. The Hall–Kier alpha value is -2.34. The lowest BCUT2D eigenvalue weighted by atomic mass is 9.75. The quantitative estimate of drug-likeness (QED) is 0.850. The molecule has 0 aliphatic carbocycles. The van der Waals surface area contributed by atoms with Gasteiger partial charge in [0, 0.05) is 36.5 Å². The smallest absolute Gasteiger partial charge is 0.415 e. The molecular weight excluding hydrogens is 306 g/mol. The highest BCUT2D eigenvalue weighted by Crippen LogP contribution is 2.43. The number of amides is 1. The summed E-state index contributed by atoms with van der Waals surface area (Å²) in [6.07, 6.45) is 7.08. The number of pyridine rings is 1. The molecule has 2 aromatic rings. The molecule has 4 saturated heterocycles. The summed E-state index contributed by atoms with van der Waals surface area (Å²) in [5.41, 5.74) is 1.31. The van der Waals surface area contributed by atoms with Crippen LogP contribution >= 0.6 is 0 Å². The van der Waals surface area contributed by atoms with E-state index in [-0.39, 0.29) is 11.7 Å². The number of furan rings is 1. The third-order valence-electron chi connectivity index (χ3n) is 5.60. The van der Waals surface area contributed by atoms with Gasteiger partial charge >= 0.3 is 6.09 Å². The molecule has 4 aliphatic heterocycles. The topological polar surface area (TPSA) is 58.8 Å². The zero-order valence-electron chi connectivity index (χ0n) is 13.4. The number of hydrogen-bond donors (Lipinski definition) is 0. The van der Waals surface area contributed by atoms with Gasteiger partial charge in [-0.3, -0.25) is 14.8 Å². The van der Waals surface area contributed by atoms with Crippen LogP contribution in [0.4, 0.5) is 10.5 Å². The first-order chi connectivity index (χ1) is 11.7. The van der Waals surface area contributed by atoms with Crippen LogP contribution in [0.2, 0.25) is 0 Å². The van der Waals surface area contributed by atoms with Crippen LogP contribution in [0.15, 0.2) is 41.3 Å². The molecule has 24 heavy (non-hydrogen) atoms. The molecular formula is C18H19N3O3. The lowest BCUT2D eigenvalue weighted by Gasteiger charge is -2.49. The van der Waals surface area contributed by atoms with E-state index in [9.17, 15) is 4.79 Å². The molecule has 0 saturated carbocycles. The first kappa shape index (κ1) is 14.0. The van der Waals surface area contributed by atoms with Crippen LogP contribution in [-0.4, -0.2) is 47.8 Å². The third kappa shape index (κ3) is 2.06. The van der Waals surface area contributed by atoms with Gasteiger partial charge in [0.05, 0.1) is 12.2 Å². The Morgan fingerprint density at radius 1 is 1.25 bits per heavy atom. The number of piperidine rings is 3. The van der Waals surface area contributed by atoms with Gasteiger partial charge in [-0.15, -0.1) is 0 Å². The maximum Gasteiger partial charge on any atom is 0.415 e. The van der Waals surface area contributed by atoms with E-state index in [1.807, 2.05) is 18.2 Å². The number of fused-ring (bicyclic) bond motifs is 2. The number of carbonyl (C=O) groups excluding carboxylic acids is 1. The second-order valence-electron chi connectivity index (χ2n) is 6.98. The molecule has 2 aromatic heterocycles. The average molecular weight is 325 g/mol. The van der Waals surface area contributed by atoms with Gasteiger partial charge in [-0.2, -0.15) is 0 Å². The van der Waals surface area contributed by atoms with Crippen LogP contribution in [0.5, 0.6) is 0 Å². The maximum absolute atomic E-state index is 12.5. The van der Waals surface area contributed by atoms with Gasteiger partial charge in [0.2, 0.25) is 0 Å². The Kier molecular flexibility index (Phi) is 2.97. The summed E-state index contributed by atoms with van der Waals surface area (Å²) in [4.78, 5) is 20.7. The fraction of sp³-hybridized carbons (Fsp3) is 0.444. The first-order valence-electron chi connectivity index (χ1n) is 8.45. The Morgan fingerprint density at radius 3 is 2.83 bits per heavy atom. The highest BCUT2D eigenvalue weighted by Gasteiger charge is 2.55. The normalized spacial score (nSPS) is 31.7. The molecule has 4 fully saturated rings. The van der Waals surface area contributed by atoms with Gasteiger partial charge < -0.3 is 9.15 Å². The molecule has 0 unspecified atom stereocenters. The Labute approximate surface area is 140 Å². The van der Waals surface area contributed by atoms with E-state index in [0.717, 1.165) is 43.7 Å². The molecule has 1 amide bonds. The number of rotatable bonds is 2. The predicted molar refractivity (Wildman–Crippen MR) is 87.7 cm³/mol. The summed E-state index contributed by atoms with van der Waals surface area (Å²) in [7, 11) is 0. The molecule has 6 rings (SSSR count). The van der Waals surface area contributed by atoms with Crippen molar-refractivity contribution in [3.05, 3.63) is 36.9 Å². The Bertz CT molecular complexity index is 767. The van der Waals surface area contributed by atoms with Crippen LogP contribution < -0.4 is 4.90 Å². The zero-order valence-corrected chi connectivity index (χ0v) is 13.4. The highest BCUT2D eigenvalue weighted by atomic mass is 16.6. The van der Waals surface area contributed by atoms with Crippen LogP contribution in [0.3, 0.4) is 0 Å². The second kappa shape index (κ2) is 5.08. The molecule has 0 radical (unpaired) electrons. The van der Waals surface area contributed by atoms with Gasteiger partial charge in [-0.1, -0.05) is 0 Å². The minimum Gasteiger partial charge on any atom is -0.462 e. The fourth-order valence-electron chi connectivity index (χ4n) is 4.34. The SMILES string of the molecule is O=C1O[C@]2(CN3CCC2CC3)CN1c1coc(-c2cccnc2)c1. The van der Waals surface area contributed by atoms with Gasteiger partial charge in [0.15, 0.2) is 0 Å². The van der Waals surface area contributed by atoms with E-state index in [0.29, 0.717) is 18.2 Å². The van der Waals surface area contributed by atoms with Crippen molar-refractivity contribution in [2.24, 2.45) is 5.92 Å². The summed E-state index contributed by atoms with van der Waals surface area (Å²) >= 11 is 0. The highest BCUT2D eigenvalue weighted by molar-refractivity contribution is 5.91. The lowest BCUT2D eigenvalue weighted by Crippen LogP contribution is -2.61. The molecule has 1 atom stereocenters. The number of ether oxygens (including phenoxy) is 1. The van der Waals surface area contributed by atoms with Crippen LogP contribution in [0.25, 0.3) is 11.3 Å². The molecule has 124 valence electrons. The van der Waals surface area contributed by atoms with Crippen molar-refractivity contribution in [3.63, 3.8) is 0 Å². The number of carbonyl (C=O) groups is 1. The summed E-state index contributed by atoms with van der Waals surface area (Å²) in [6, 6.07) is 5.69. The van der Waals surface area contributed by atoms with Gasteiger partial charge in [0.1, 0.15) is 17.6 Å². The summed E-state index contributed by atoms with van der Waals surface area (Å²) in [5, 5.41) is 0. The largest absolute Gasteiger partial charge is 0.462 e. The average Bonchev–Trinajstić information content (AvgIpc) is 3.22. The van der Waals surface area contributed by atoms with E-state index in [2.05, 4.69) is 9.88 Å². The van der Waals surface area contributed by atoms with Crippen LogP contribution in [0.1, 0.15) is 12.8 Å². The Balaban J connectivity index is 1.42. The van der Waals surface area contributed by atoms with Crippen molar-refractivity contribution in [1.29, 1.82) is 0 Å². The van der Waals surface area contributed by atoms with E-state index in [1.165, 1.54) is 0 Å². The van der Waals surface area contributed by atoms with Crippen LogP contribution in [-0.2, 0) is 4.74 Å². The van der Waals surface area contributed by atoms with Crippen molar-refractivity contribution in [1.82, 2.24) is 9.88 Å². The summed E-state index contributed by atoms with van der Waals surface area (Å²) in [6.45, 7) is 3.72. The van der Waals surface area contributed by atoms with Gasteiger partial charge in [-0.25, -0.2) is 4.79 Å².